The number of aromatic amines is 1. The van der Waals surface area contributed by atoms with Gasteiger partial charge in [-0.1, -0.05) is 84.4 Å². The molecule has 1 aromatic heterocycles. The molecule has 0 saturated heterocycles. The van der Waals surface area contributed by atoms with Crippen molar-refractivity contribution >= 4 is 45.1 Å². The Hall–Kier alpha value is -2.89. The highest BCUT2D eigenvalue weighted by Gasteiger charge is 2.16. The summed E-state index contributed by atoms with van der Waals surface area (Å²) in [5, 5.41) is 1.35. The first kappa shape index (κ1) is 20.0. The smallest absolute Gasteiger partial charge is 0.203 e. The number of rotatable bonds is 3. The third-order valence-corrected chi connectivity index (χ3v) is 6.66. The molecule has 1 heterocycles. The van der Waals surface area contributed by atoms with Gasteiger partial charge in [0.25, 0.3) is 0 Å². The van der Waals surface area contributed by atoms with E-state index in [9.17, 15) is 4.79 Å². The molecule has 0 unspecified atom stereocenters. The maximum atomic E-state index is 13.5. The third-order valence-electron chi connectivity index (χ3n) is 5.38. The second-order valence-corrected chi connectivity index (χ2v) is 8.84. The standard InChI is InChI=1S/C27H17ClINO/c28-21-13-11-19(12-14-21)25-24(29)27(31)23-16-20(17-7-3-1-4-8-17)15-22(26(23)30-25)18-9-5-2-6-10-18/h1-16H,(H,30,31). The van der Waals surface area contributed by atoms with Crippen molar-refractivity contribution in [3.05, 3.63) is 116 Å². The largest absolute Gasteiger partial charge is 0.353 e. The van der Waals surface area contributed by atoms with Crippen molar-refractivity contribution in [2.24, 2.45) is 0 Å². The minimum Gasteiger partial charge on any atom is -0.353 e. The zero-order chi connectivity index (χ0) is 21.4. The maximum absolute atomic E-state index is 13.5. The molecule has 0 amide bonds. The lowest BCUT2D eigenvalue weighted by atomic mass is 9.95. The molecule has 0 aliphatic carbocycles. The molecule has 0 bridgehead atoms. The summed E-state index contributed by atoms with van der Waals surface area (Å²) in [7, 11) is 0. The maximum Gasteiger partial charge on any atom is 0.203 e. The number of hydrogen-bond acceptors (Lipinski definition) is 1. The van der Waals surface area contributed by atoms with Gasteiger partial charge in [0, 0.05) is 16.0 Å². The molecule has 0 spiro atoms. The molecule has 0 aliphatic heterocycles. The normalized spacial score (nSPS) is 11.0. The molecular weight excluding hydrogens is 517 g/mol. The van der Waals surface area contributed by atoms with E-state index in [4.69, 9.17) is 11.6 Å². The molecule has 0 fully saturated rings. The van der Waals surface area contributed by atoms with Gasteiger partial charge in [0.05, 0.1) is 14.8 Å². The summed E-state index contributed by atoms with van der Waals surface area (Å²) in [6, 6.07) is 32.0. The van der Waals surface area contributed by atoms with Crippen molar-refractivity contribution in [3.63, 3.8) is 0 Å². The molecule has 1 N–H and O–H groups in total. The quantitative estimate of drug-likeness (QED) is 0.236. The van der Waals surface area contributed by atoms with E-state index in [1.54, 1.807) is 0 Å². The molecular formula is C27H17ClINO. The van der Waals surface area contributed by atoms with Crippen LogP contribution in [-0.2, 0) is 0 Å². The van der Waals surface area contributed by atoms with E-state index in [0.29, 0.717) is 14.0 Å². The average molecular weight is 534 g/mol. The summed E-state index contributed by atoms with van der Waals surface area (Å²) < 4.78 is 0.664. The van der Waals surface area contributed by atoms with Crippen LogP contribution in [0.3, 0.4) is 0 Å². The molecule has 2 nitrogen and oxygen atoms in total. The van der Waals surface area contributed by atoms with Gasteiger partial charge >= 0.3 is 0 Å². The predicted octanol–water partition coefficient (Wildman–Crippen LogP) is 7.79. The molecule has 0 radical (unpaired) electrons. The molecule has 150 valence electrons. The summed E-state index contributed by atoms with van der Waals surface area (Å²) >= 11 is 8.21. The van der Waals surface area contributed by atoms with E-state index in [-0.39, 0.29) is 5.43 Å². The van der Waals surface area contributed by atoms with E-state index in [1.165, 1.54) is 0 Å². The van der Waals surface area contributed by atoms with Crippen LogP contribution in [0.5, 0.6) is 0 Å². The van der Waals surface area contributed by atoms with Gasteiger partial charge < -0.3 is 4.98 Å². The number of fused-ring (bicyclic) bond motifs is 1. The van der Waals surface area contributed by atoms with Gasteiger partial charge in [-0.15, -0.1) is 0 Å². The fourth-order valence-corrected chi connectivity index (χ4v) is 4.69. The van der Waals surface area contributed by atoms with E-state index in [0.717, 1.165) is 39.0 Å². The van der Waals surface area contributed by atoms with Gasteiger partial charge in [-0.2, -0.15) is 0 Å². The Labute approximate surface area is 198 Å². The highest BCUT2D eigenvalue weighted by Crippen LogP contribution is 2.34. The van der Waals surface area contributed by atoms with Gasteiger partial charge in [0.2, 0.25) is 5.43 Å². The lowest BCUT2D eigenvalue weighted by Gasteiger charge is -2.14. The highest BCUT2D eigenvalue weighted by molar-refractivity contribution is 14.1. The van der Waals surface area contributed by atoms with Crippen molar-refractivity contribution in [1.29, 1.82) is 0 Å². The first-order valence-corrected chi connectivity index (χ1v) is 11.3. The van der Waals surface area contributed by atoms with Crippen LogP contribution in [0.2, 0.25) is 5.02 Å². The van der Waals surface area contributed by atoms with Gasteiger partial charge in [0.15, 0.2) is 0 Å². The van der Waals surface area contributed by atoms with Crippen LogP contribution in [0.25, 0.3) is 44.4 Å². The zero-order valence-corrected chi connectivity index (χ0v) is 19.3. The van der Waals surface area contributed by atoms with Crippen molar-refractivity contribution in [2.75, 3.05) is 0 Å². The number of pyridine rings is 1. The Kier molecular flexibility index (Phi) is 5.38. The van der Waals surface area contributed by atoms with Crippen LogP contribution >= 0.6 is 34.2 Å². The van der Waals surface area contributed by atoms with Crippen molar-refractivity contribution in [2.45, 2.75) is 0 Å². The molecule has 5 aromatic rings. The fraction of sp³-hybridized carbons (Fsp3) is 0. The Bertz CT molecular complexity index is 1440. The number of aromatic nitrogens is 1. The monoisotopic (exact) mass is 533 g/mol. The van der Waals surface area contributed by atoms with E-state index in [1.807, 2.05) is 66.7 Å². The van der Waals surface area contributed by atoms with Gasteiger partial charge in [-0.3, -0.25) is 4.79 Å². The molecule has 0 aliphatic rings. The molecule has 31 heavy (non-hydrogen) atoms. The molecule has 4 aromatic carbocycles. The first-order chi connectivity index (χ1) is 15.1. The minimum absolute atomic E-state index is 0.0225. The summed E-state index contributed by atoms with van der Waals surface area (Å²) in [4.78, 5) is 17.1. The fourth-order valence-electron chi connectivity index (χ4n) is 3.83. The van der Waals surface area contributed by atoms with Gasteiger partial charge in [-0.25, -0.2) is 0 Å². The zero-order valence-electron chi connectivity index (χ0n) is 16.4. The number of nitrogens with one attached hydrogen (secondary N) is 1. The van der Waals surface area contributed by atoms with E-state index in [2.05, 4.69) is 57.9 Å². The number of hydrogen-bond donors (Lipinski definition) is 1. The highest BCUT2D eigenvalue weighted by atomic mass is 127. The lowest BCUT2D eigenvalue weighted by Crippen LogP contribution is -2.10. The molecule has 0 saturated carbocycles. The van der Waals surface area contributed by atoms with Crippen molar-refractivity contribution in [3.8, 4) is 33.5 Å². The Balaban J connectivity index is 1.86. The topological polar surface area (TPSA) is 32.9 Å². The van der Waals surface area contributed by atoms with Gasteiger partial charge in [0.1, 0.15) is 0 Å². The first-order valence-electron chi connectivity index (χ1n) is 9.88. The second-order valence-electron chi connectivity index (χ2n) is 7.33. The van der Waals surface area contributed by atoms with E-state index >= 15 is 0 Å². The lowest BCUT2D eigenvalue weighted by molar-refractivity contribution is 1.35. The van der Waals surface area contributed by atoms with E-state index < -0.39 is 0 Å². The van der Waals surface area contributed by atoms with Crippen LogP contribution in [0.15, 0.2) is 102 Å². The molecule has 0 atom stereocenters. The van der Waals surface area contributed by atoms with Crippen molar-refractivity contribution < 1.29 is 0 Å². The SMILES string of the molecule is O=c1c(I)c(-c2ccc(Cl)cc2)[nH]c2c(-c3ccccc3)cc(-c3ccccc3)cc12. The van der Waals surface area contributed by atoms with Crippen LogP contribution in [0, 0.1) is 3.57 Å². The second kappa shape index (κ2) is 8.33. The van der Waals surface area contributed by atoms with Crippen LogP contribution < -0.4 is 5.43 Å². The van der Waals surface area contributed by atoms with Crippen LogP contribution in [0.1, 0.15) is 0 Å². The number of H-pyrrole nitrogens is 1. The molecule has 5 rings (SSSR count). The van der Waals surface area contributed by atoms with Crippen LogP contribution in [-0.4, -0.2) is 4.98 Å². The Morgan fingerprint density at radius 3 is 1.94 bits per heavy atom. The average Bonchev–Trinajstić information content (AvgIpc) is 2.82. The Morgan fingerprint density at radius 2 is 1.29 bits per heavy atom. The number of benzene rings is 4. The third kappa shape index (κ3) is 3.80. The predicted molar refractivity (Wildman–Crippen MR) is 139 cm³/mol. The summed E-state index contributed by atoms with van der Waals surface area (Å²) in [5.74, 6) is 0. The minimum atomic E-state index is 0.0225. The number of halogens is 2. The van der Waals surface area contributed by atoms with Crippen molar-refractivity contribution in [1.82, 2.24) is 4.98 Å². The molecule has 4 heteroatoms. The summed E-state index contributed by atoms with van der Waals surface area (Å²) in [6.07, 6.45) is 0. The Morgan fingerprint density at radius 1 is 0.677 bits per heavy atom. The van der Waals surface area contributed by atoms with Crippen LogP contribution in [0.4, 0.5) is 0 Å². The summed E-state index contributed by atoms with van der Waals surface area (Å²) in [6.45, 7) is 0. The summed E-state index contributed by atoms with van der Waals surface area (Å²) in [5.41, 5.74) is 6.75. The van der Waals surface area contributed by atoms with Gasteiger partial charge in [-0.05, 0) is 69.1 Å².